The lowest BCUT2D eigenvalue weighted by Crippen LogP contribution is -2.11. The number of fused-ring (bicyclic) bond motifs is 1. The van der Waals surface area contributed by atoms with E-state index in [1.54, 1.807) is 0 Å². The summed E-state index contributed by atoms with van der Waals surface area (Å²) < 4.78 is 3.49. The summed E-state index contributed by atoms with van der Waals surface area (Å²) in [5.41, 5.74) is 4.71. The van der Waals surface area contributed by atoms with Crippen molar-refractivity contribution < 1.29 is 0 Å². The van der Waals surface area contributed by atoms with Crippen molar-refractivity contribution in [2.45, 2.75) is 6.04 Å². The maximum atomic E-state index is 4.59. The van der Waals surface area contributed by atoms with Gasteiger partial charge in [0.1, 0.15) is 0 Å². The molecule has 1 aromatic heterocycles. The maximum Gasteiger partial charge on any atom is 0.0966 e. The van der Waals surface area contributed by atoms with E-state index in [2.05, 4.69) is 111 Å². The normalized spacial score (nSPS) is 11.2. The summed E-state index contributed by atoms with van der Waals surface area (Å²) in [5, 5.41) is 0. The molecule has 0 saturated heterocycles. The molecular formula is C20H15IN2. The molecule has 0 atom stereocenters. The van der Waals surface area contributed by atoms with Crippen molar-refractivity contribution >= 4 is 33.6 Å². The second-order valence-corrected chi connectivity index (χ2v) is 6.75. The highest BCUT2D eigenvalue weighted by molar-refractivity contribution is 14.1. The lowest BCUT2D eigenvalue weighted by Gasteiger charge is -2.21. The molecule has 0 bridgehead atoms. The number of hydrogen-bond acceptors (Lipinski definition) is 1. The summed E-state index contributed by atoms with van der Waals surface area (Å²) in [6.45, 7) is 0. The number of hydrogen-bond donors (Lipinski definition) is 0. The Labute approximate surface area is 148 Å². The minimum atomic E-state index is 0.126. The second kappa shape index (κ2) is 6.16. The van der Waals surface area contributed by atoms with Crippen LogP contribution in [0.15, 0.2) is 85.2 Å². The Morgan fingerprint density at radius 3 is 2.00 bits per heavy atom. The topological polar surface area (TPSA) is 17.8 Å². The fourth-order valence-electron chi connectivity index (χ4n) is 2.99. The summed E-state index contributed by atoms with van der Waals surface area (Å²) in [5.74, 6) is 0. The third-order valence-corrected chi connectivity index (χ3v) is 4.72. The first-order valence-electron chi connectivity index (χ1n) is 7.55. The van der Waals surface area contributed by atoms with Gasteiger partial charge in [-0.25, -0.2) is 4.98 Å². The molecule has 3 heteroatoms. The van der Waals surface area contributed by atoms with Crippen molar-refractivity contribution in [3.05, 3.63) is 99.9 Å². The van der Waals surface area contributed by atoms with Gasteiger partial charge in [-0.15, -0.1) is 0 Å². The molecule has 0 unspecified atom stereocenters. The predicted molar refractivity (Wildman–Crippen MR) is 103 cm³/mol. The van der Waals surface area contributed by atoms with Crippen molar-refractivity contribution in [1.82, 2.24) is 9.55 Å². The third kappa shape index (κ3) is 2.77. The second-order valence-electron chi connectivity index (χ2n) is 5.51. The highest BCUT2D eigenvalue weighted by Crippen LogP contribution is 2.30. The van der Waals surface area contributed by atoms with Crippen LogP contribution < -0.4 is 0 Å². The van der Waals surface area contributed by atoms with Crippen molar-refractivity contribution in [2.24, 2.45) is 0 Å². The number of halogens is 1. The number of benzene rings is 3. The van der Waals surface area contributed by atoms with E-state index in [4.69, 9.17) is 0 Å². The molecule has 0 amide bonds. The van der Waals surface area contributed by atoms with Crippen LogP contribution in [-0.2, 0) is 0 Å². The average Bonchev–Trinajstić information content (AvgIpc) is 3.00. The zero-order valence-electron chi connectivity index (χ0n) is 12.4. The summed E-state index contributed by atoms with van der Waals surface area (Å²) in [4.78, 5) is 4.59. The molecule has 0 radical (unpaired) electrons. The van der Waals surface area contributed by atoms with Crippen molar-refractivity contribution in [2.75, 3.05) is 0 Å². The molecule has 0 saturated carbocycles. The van der Waals surface area contributed by atoms with Gasteiger partial charge in [-0.3, -0.25) is 0 Å². The van der Waals surface area contributed by atoms with Gasteiger partial charge in [0.2, 0.25) is 0 Å². The molecule has 112 valence electrons. The van der Waals surface area contributed by atoms with Crippen LogP contribution in [0.2, 0.25) is 0 Å². The Kier molecular flexibility index (Phi) is 3.87. The van der Waals surface area contributed by atoms with Crippen molar-refractivity contribution in [3.8, 4) is 0 Å². The van der Waals surface area contributed by atoms with Gasteiger partial charge >= 0.3 is 0 Å². The van der Waals surface area contributed by atoms with Gasteiger partial charge in [0, 0.05) is 3.57 Å². The average molecular weight is 410 g/mol. The van der Waals surface area contributed by atoms with Crippen LogP contribution in [0, 0.1) is 3.57 Å². The van der Waals surface area contributed by atoms with Crippen molar-refractivity contribution in [3.63, 3.8) is 0 Å². The molecule has 0 N–H and O–H groups in total. The van der Waals surface area contributed by atoms with Gasteiger partial charge in [0.25, 0.3) is 0 Å². The fourth-order valence-corrected chi connectivity index (χ4v) is 3.46. The summed E-state index contributed by atoms with van der Waals surface area (Å²) in [6.07, 6.45) is 1.95. The lowest BCUT2D eigenvalue weighted by atomic mass is 9.98. The van der Waals surface area contributed by atoms with Gasteiger partial charge in [-0.2, -0.15) is 0 Å². The fraction of sp³-hybridized carbons (Fsp3) is 0.0500. The van der Waals surface area contributed by atoms with E-state index in [1.165, 1.54) is 14.7 Å². The van der Waals surface area contributed by atoms with E-state index < -0.39 is 0 Å². The van der Waals surface area contributed by atoms with Crippen LogP contribution in [0.3, 0.4) is 0 Å². The molecule has 2 nitrogen and oxygen atoms in total. The molecule has 23 heavy (non-hydrogen) atoms. The molecular weight excluding hydrogens is 395 g/mol. The van der Waals surface area contributed by atoms with Gasteiger partial charge in [-0.05, 0) is 51.9 Å². The number of imidazole rings is 1. The molecule has 1 heterocycles. The highest BCUT2D eigenvalue weighted by atomic mass is 127. The van der Waals surface area contributed by atoms with Crippen LogP contribution in [-0.4, -0.2) is 9.55 Å². The zero-order valence-corrected chi connectivity index (χ0v) is 14.6. The van der Waals surface area contributed by atoms with Crippen LogP contribution in [0.1, 0.15) is 17.2 Å². The van der Waals surface area contributed by atoms with Gasteiger partial charge < -0.3 is 4.57 Å². The number of nitrogens with zero attached hydrogens (tertiary/aromatic N) is 2. The standard InChI is InChI=1S/C20H15IN2/c21-17-11-12-18-19(13-17)23(14-22-18)20(15-7-3-1-4-8-15)16-9-5-2-6-10-16/h1-14,20H. The first kappa shape index (κ1) is 14.5. The maximum absolute atomic E-state index is 4.59. The quantitative estimate of drug-likeness (QED) is 0.421. The van der Waals surface area contributed by atoms with Gasteiger partial charge in [0.15, 0.2) is 0 Å². The minimum absolute atomic E-state index is 0.126. The number of aromatic nitrogens is 2. The summed E-state index contributed by atoms with van der Waals surface area (Å²) in [7, 11) is 0. The van der Waals surface area contributed by atoms with Crippen LogP contribution in [0.5, 0.6) is 0 Å². The zero-order chi connectivity index (χ0) is 15.6. The lowest BCUT2D eigenvalue weighted by molar-refractivity contribution is 0.697. The molecule has 0 aliphatic rings. The highest BCUT2D eigenvalue weighted by Gasteiger charge is 2.18. The first-order valence-corrected chi connectivity index (χ1v) is 8.63. The largest absolute Gasteiger partial charge is 0.319 e. The smallest absolute Gasteiger partial charge is 0.0966 e. The SMILES string of the molecule is Ic1ccc2ncn(C(c3ccccc3)c3ccccc3)c2c1. The molecule has 0 aliphatic carbocycles. The summed E-state index contributed by atoms with van der Waals surface area (Å²) >= 11 is 2.35. The third-order valence-electron chi connectivity index (χ3n) is 4.05. The number of rotatable bonds is 3. The molecule has 0 spiro atoms. The van der Waals surface area contributed by atoms with E-state index in [0.29, 0.717) is 0 Å². The monoisotopic (exact) mass is 410 g/mol. The Morgan fingerprint density at radius 2 is 1.39 bits per heavy atom. The van der Waals surface area contributed by atoms with Crippen LogP contribution in [0.4, 0.5) is 0 Å². The van der Waals surface area contributed by atoms with Crippen LogP contribution >= 0.6 is 22.6 Å². The Bertz CT molecular complexity index is 890. The van der Waals surface area contributed by atoms with E-state index in [1.807, 2.05) is 6.33 Å². The van der Waals surface area contributed by atoms with Crippen molar-refractivity contribution in [1.29, 1.82) is 0 Å². The van der Waals surface area contributed by atoms with E-state index >= 15 is 0 Å². The van der Waals surface area contributed by atoms with E-state index in [-0.39, 0.29) is 6.04 Å². The van der Waals surface area contributed by atoms with Crippen LogP contribution in [0.25, 0.3) is 11.0 Å². The molecule has 4 aromatic rings. The Hall–Kier alpha value is -2.14. The Balaban J connectivity index is 1.96. The Morgan fingerprint density at radius 1 is 0.783 bits per heavy atom. The van der Waals surface area contributed by atoms with Gasteiger partial charge in [0.05, 0.1) is 23.4 Å². The molecule has 0 fully saturated rings. The predicted octanol–water partition coefficient (Wildman–Crippen LogP) is 5.28. The molecule has 0 aliphatic heterocycles. The summed E-state index contributed by atoms with van der Waals surface area (Å²) in [6, 6.07) is 27.7. The van der Waals surface area contributed by atoms with E-state index in [0.717, 1.165) is 11.0 Å². The minimum Gasteiger partial charge on any atom is -0.319 e. The van der Waals surface area contributed by atoms with E-state index in [9.17, 15) is 0 Å². The first-order chi connectivity index (χ1) is 11.3. The molecule has 3 aromatic carbocycles. The van der Waals surface area contributed by atoms with Gasteiger partial charge in [-0.1, -0.05) is 60.7 Å². The molecule has 4 rings (SSSR count).